The van der Waals surface area contributed by atoms with Gasteiger partial charge in [-0.15, -0.1) is 0 Å². The number of aromatic nitrogens is 1. The van der Waals surface area contributed by atoms with Gasteiger partial charge in [-0.3, -0.25) is 4.79 Å². The van der Waals surface area contributed by atoms with Crippen LogP contribution in [0.2, 0.25) is 0 Å². The van der Waals surface area contributed by atoms with Crippen LogP contribution in [0.15, 0.2) is 24.4 Å². The summed E-state index contributed by atoms with van der Waals surface area (Å²) in [6, 6.07) is 4.55. The molecule has 2 aromatic rings. The second kappa shape index (κ2) is 3.14. The number of carbonyl (C=O) groups is 1. The lowest BCUT2D eigenvalue weighted by atomic mass is 10.1. The molecule has 0 aliphatic carbocycles. The van der Waals surface area contributed by atoms with Crippen LogP contribution in [0.4, 0.5) is 4.39 Å². The molecule has 1 heterocycles. The van der Waals surface area contributed by atoms with Crippen molar-refractivity contribution in [1.82, 2.24) is 4.98 Å². The smallest absolute Gasteiger partial charge is 0.307 e. The van der Waals surface area contributed by atoms with Crippen LogP contribution in [0, 0.1) is 5.82 Å². The predicted octanol–water partition coefficient (Wildman–Crippen LogP) is 1.93. The van der Waals surface area contributed by atoms with Crippen molar-refractivity contribution in [1.29, 1.82) is 0 Å². The molecule has 0 unspecified atom stereocenters. The quantitative estimate of drug-likeness (QED) is 0.765. The number of aromatic amines is 1. The van der Waals surface area contributed by atoms with Crippen LogP contribution < -0.4 is 0 Å². The highest BCUT2D eigenvalue weighted by molar-refractivity contribution is 5.86. The van der Waals surface area contributed by atoms with E-state index in [1.165, 1.54) is 6.07 Å². The van der Waals surface area contributed by atoms with Crippen molar-refractivity contribution in [2.24, 2.45) is 0 Å². The van der Waals surface area contributed by atoms with Gasteiger partial charge in [-0.05, 0) is 18.2 Å². The van der Waals surface area contributed by atoms with Gasteiger partial charge in [0.25, 0.3) is 0 Å². The van der Waals surface area contributed by atoms with Crippen molar-refractivity contribution in [3.8, 4) is 0 Å². The number of carboxylic acids is 1. The van der Waals surface area contributed by atoms with E-state index < -0.39 is 11.8 Å². The van der Waals surface area contributed by atoms with Crippen LogP contribution >= 0.6 is 0 Å². The van der Waals surface area contributed by atoms with Gasteiger partial charge in [0.05, 0.1) is 6.42 Å². The molecule has 0 amide bonds. The molecule has 0 saturated carbocycles. The minimum atomic E-state index is -1.03. The fourth-order valence-corrected chi connectivity index (χ4v) is 1.50. The van der Waals surface area contributed by atoms with Crippen molar-refractivity contribution in [3.63, 3.8) is 0 Å². The minimum absolute atomic E-state index is 0.233. The summed E-state index contributed by atoms with van der Waals surface area (Å²) in [6.45, 7) is 0. The zero-order valence-corrected chi connectivity index (χ0v) is 7.25. The Bertz CT molecular complexity index is 490. The zero-order chi connectivity index (χ0) is 10.1. The van der Waals surface area contributed by atoms with Crippen LogP contribution in [0.1, 0.15) is 5.56 Å². The van der Waals surface area contributed by atoms with E-state index in [9.17, 15) is 9.18 Å². The fourth-order valence-electron chi connectivity index (χ4n) is 1.50. The summed E-state index contributed by atoms with van der Waals surface area (Å²) in [5.41, 5.74) is 0.985. The number of carboxylic acid groups (broad SMARTS) is 1. The monoisotopic (exact) mass is 193 g/mol. The van der Waals surface area contributed by atoms with E-state index in [0.717, 1.165) is 5.52 Å². The summed E-state index contributed by atoms with van der Waals surface area (Å²) in [4.78, 5) is 13.4. The second-order valence-corrected chi connectivity index (χ2v) is 3.04. The topological polar surface area (TPSA) is 53.1 Å². The Hall–Kier alpha value is -1.84. The zero-order valence-electron chi connectivity index (χ0n) is 7.25. The number of rotatable bonds is 2. The standard InChI is InChI=1S/C10H8FNO2/c11-8-1-2-9-6(3-4-12-9)7(8)5-10(13)14/h1-4,12H,5H2,(H,13,14). The molecule has 0 saturated heterocycles. The number of hydrogen-bond donors (Lipinski definition) is 2. The highest BCUT2D eigenvalue weighted by atomic mass is 19.1. The summed E-state index contributed by atoms with van der Waals surface area (Å²) in [5, 5.41) is 9.24. The highest BCUT2D eigenvalue weighted by Gasteiger charge is 2.11. The Kier molecular flexibility index (Phi) is 1.96. The first-order valence-corrected chi connectivity index (χ1v) is 4.15. The Balaban J connectivity index is 2.64. The molecule has 0 bridgehead atoms. The van der Waals surface area contributed by atoms with Gasteiger partial charge in [0.15, 0.2) is 0 Å². The van der Waals surface area contributed by atoms with E-state index in [4.69, 9.17) is 5.11 Å². The minimum Gasteiger partial charge on any atom is -0.481 e. The fraction of sp³-hybridized carbons (Fsp3) is 0.100. The summed E-state index contributed by atoms with van der Waals surface area (Å²) in [6.07, 6.45) is 1.37. The summed E-state index contributed by atoms with van der Waals surface area (Å²) in [5.74, 6) is -1.50. The van der Waals surface area contributed by atoms with Gasteiger partial charge in [0.2, 0.25) is 0 Å². The van der Waals surface area contributed by atoms with Crippen molar-refractivity contribution < 1.29 is 14.3 Å². The lowest BCUT2D eigenvalue weighted by Crippen LogP contribution is -2.02. The molecule has 0 fully saturated rings. The first-order chi connectivity index (χ1) is 6.68. The molecule has 2 N–H and O–H groups in total. The SMILES string of the molecule is O=C(O)Cc1c(F)ccc2[nH]ccc12. The van der Waals surface area contributed by atoms with Gasteiger partial charge in [-0.25, -0.2) is 4.39 Å². The third-order valence-corrected chi connectivity index (χ3v) is 2.12. The van der Waals surface area contributed by atoms with Crippen LogP contribution in [-0.4, -0.2) is 16.1 Å². The van der Waals surface area contributed by atoms with E-state index >= 15 is 0 Å². The van der Waals surface area contributed by atoms with E-state index in [1.54, 1.807) is 18.3 Å². The molecule has 0 aliphatic heterocycles. The first kappa shape index (κ1) is 8.74. The molecule has 3 nitrogen and oxygen atoms in total. The Morgan fingerprint density at radius 1 is 1.43 bits per heavy atom. The molecule has 1 aromatic carbocycles. The van der Waals surface area contributed by atoms with Crippen LogP contribution in [0.25, 0.3) is 10.9 Å². The van der Waals surface area contributed by atoms with Crippen molar-refractivity contribution in [2.45, 2.75) is 6.42 Å². The molecular weight excluding hydrogens is 185 g/mol. The normalized spacial score (nSPS) is 10.6. The van der Waals surface area contributed by atoms with E-state index in [-0.39, 0.29) is 12.0 Å². The number of hydrogen-bond acceptors (Lipinski definition) is 1. The molecule has 14 heavy (non-hydrogen) atoms. The maximum atomic E-state index is 13.3. The van der Waals surface area contributed by atoms with Gasteiger partial charge < -0.3 is 10.1 Å². The van der Waals surface area contributed by atoms with Gasteiger partial charge >= 0.3 is 5.97 Å². The average Bonchev–Trinajstić information content (AvgIpc) is 2.57. The Morgan fingerprint density at radius 2 is 2.21 bits per heavy atom. The number of H-pyrrole nitrogens is 1. The molecule has 0 aliphatic rings. The molecule has 0 radical (unpaired) electrons. The van der Waals surface area contributed by atoms with Gasteiger partial charge in [0, 0.05) is 22.7 Å². The molecule has 1 aromatic heterocycles. The molecular formula is C10H8FNO2. The number of halogens is 1. The summed E-state index contributed by atoms with van der Waals surface area (Å²) >= 11 is 0. The summed E-state index contributed by atoms with van der Waals surface area (Å²) < 4.78 is 13.3. The van der Waals surface area contributed by atoms with Gasteiger partial charge in [-0.2, -0.15) is 0 Å². The molecule has 0 atom stereocenters. The first-order valence-electron chi connectivity index (χ1n) is 4.15. The Labute approximate surface area is 79.2 Å². The van der Waals surface area contributed by atoms with E-state index in [2.05, 4.69) is 4.98 Å². The Morgan fingerprint density at radius 3 is 2.93 bits per heavy atom. The number of benzene rings is 1. The van der Waals surface area contributed by atoms with E-state index in [1.807, 2.05) is 0 Å². The number of nitrogens with one attached hydrogen (secondary N) is 1. The largest absolute Gasteiger partial charge is 0.481 e. The van der Waals surface area contributed by atoms with Crippen molar-refractivity contribution in [2.75, 3.05) is 0 Å². The maximum absolute atomic E-state index is 13.3. The van der Waals surface area contributed by atoms with E-state index in [0.29, 0.717) is 5.39 Å². The molecule has 4 heteroatoms. The predicted molar refractivity (Wildman–Crippen MR) is 49.6 cm³/mol. The van der Waals surface area contributed by atoms with Crippen molar-refractivity contribution in [3.05, 3.63) is 35.8 Å². The van der Waals surface area contributed by atoms with Crippen LogP contribution in [0.5, 0.6) is 0 Å². The highest BCUT2D eigenvalue weighted by Crippen LogP contribution is 2.21. The molecule has 72 valence electrons. The van der Waals surface area contributed by atoms with Crippen molar-refractivity contribution >= 4 is 16.9 Å². The lowest BCUT2D eigenvalue weighted by molar-refractivity contribution is -0.136. The van der Waals surface area contributed by atoms with Crippen LogP contribution in [-0.2, 0) is 11.2 Å². The second-order valence-electron chi connectivity index (χ2n) is 3.04. The average molecular weight is 193 g/mol. The molecule has 2 rings (SSSR count). The van der Waals surface area contributed by atoms with Crippen LogP contribution in [0.3, 0.4) is 0 Å². The maximum Gasteiger partial charge on any atom is 0.307 e. The number of fused-ring (bicyclic) bond motifs is 1. The van der Waals surface area contributed by atoms with Gasteiger partial charge in [0.1, 0.15) is 5.82 Å². The third-order valence-electron chi connectivity index (χ3n) is 2.12. The van der Waals surface area contributed by atoms with Gasteiger partial charge in [-0.1, -0.05) is 0 Å². The lowest BCUT2D eigenvalue weighted by Gasteiger charge is -2.01. The third kappa shape index (κ3) is 1.35. The number of aliphatic carboxylic acids is 1. The summed E-state index contributed by atoms with van der Waals surface area (Å²) in [7, 11) is 0. The molecule has 0 spiro atoms.